The van der Waals surface area contributed by atoms with Crippen molar-refractivity contribution in [3.05, 3.63) is 81.6 Å². The van der Waals surface area contributed by atoms with E-state index in [4.69, 9.17) is 4.42 Å². The Labute approximate surface area is 234 Å². The molecule has 0 aliphatic carbocycles. The maximum atomic E-state index is 13.7. The number of fused-ring (bicyclic) bond motifs is 1. The standard InChI is InChI=1S/C27H27N5O6S2/c1-17-4-10-23-24(13-17)39-27(29-23)31(28-14-21-7-11-25(38-21)32(34)35)26(33)20-5-8-22(9-6-20)40(36,37)30-15-18(2)12-19(3)16-30/h4-11,13-14,18-19H,12,15-16H2,1-3H3/b28-14+. The number of amides is 1. The summed E-state index contributed by atoms with van der Waals surface area (Å²) < 4.78 is 34.1. The van der Waals surface area contributed by atoms with E-state index in [-0.39, 0.29) is 33.2 Å². The summed E-state index contributed by atoms with van der Waals surface area (Å²) in [5, 5.41) is 16.6. The molecule has 0 radical (unpaired) electrons. The molecule has 2 atom stereocenters. The molecule has 4 aromatic rings. The summed E-state index contributed by atoms with van der Waals surface area (Å²) in [7, 11) is -3.71. The van der Waals surface area contributed by atoms with Gasteiger partial charge in [0.1, 0.15) is 4.92 Å². The number of nitrogens with zero attached hydrogens (tertiary/aromatic N) is 5. The molecule has 1 amide bonds. The minimum atomic E-state index is -3.71. The average Bonchev–Trinajstić information content (AvgIpc) is 3.55. The van der Waals surface area contributed by atoms with Crippen molar-refractivity contribution in [1.82, 2.24) is 9.29 Å². The number of aromatic nitrogens is 1. The molecular weight excluding hydrogens is 554 g/mol. The number of rotatable bonds is 7. The molecule has 2 unspecified atom stereocenters. The second kappa shape index (κ2) is 10.9. The van der Waals surface area contributed by atoms with E-state index in [1.54, 1.807) is 0 Å². The van der Waals surface area contributed by atoms with Gasteiger partial charge in [-0.1, -0.05) is 31.3 Å². The molecule has 40 heavy (non-hydrogen) atoms. The fourth-order valence-corrected chi connectivity index (χ4v) is 7.47. The van der Waals surface area contributed by atoms with Gasteiger partial charge in [0.05, 0.1) is 27.4 Å². The summed E-state index contributed by atoms with van der Waals surface area (Å²) in [5.74, 6) is -0.410. The Morgan fingerprint density at radius 3 is 2.50 bits per heavy atom. The van der Waals surface area contributed by atoms with E-state index in [0.717, 1.165) is 21.7 Å². The molecule has 0 bridgehead atoms. The molecule has 2 aromatic carbocycles. The summed E-state index contributed by atoms with van der Waals surface area (Å²) in [6.45, 7) is 6.94. The van der Waals surface area contributed by atoms with Crippen LogP contribution in [0.5, 0.6) is 0 Å². The first-order valence-electron chi connectivity index (χ1n) is 12.6. The molecule has 208 valence electrons. The van der Waals surface area contributed by atoms with Crippen LogP contribution in [0.3, 0.4) is 0 Å². The topological polar surface area (TPSA) is 139 Å². The van der Waals surface area contributed by atoms with Gasteiger partial charge in [-0.25, -0.2) is 13.4 Å². The number of carbonyl (C=O) groups is 1. The summed E-state index contributed by atoms with van der Waals surface area (Å²) in [6, 6.07) is 14.0. The third-order valence-electron chi connectivity index (χ3n) is 6.57. The smallest absolute Gasteiger partial charge is 0.400 e. The lowest BCUT2D eigenvalue weighted by molar-refractivity contribution is -0.402. The number of hydrogen-bond acceptors (Lipinski definition) is 9. The van der Waals surface area contributed by atoms with E-state index in [1.807, 2.05) is 39.0 Å². The van der Waals surface area contributed by atoms with Crippen molar-refractivity contribution >= 4 is 54.7 Å². The van der Waals surface area contributed by atoms with E-state index < -0.39 is 26.7 Å². The fourth-order valence-electron chi connectivity index (χ4n) is 4.77. The van der Waals surface area contributed by atoms with Crippen molar-refractivity contribution in [2.75, 3.05) is 18.1 Å². The Kier molecular flexibility index (Phi) is 7.53. The zero-order chi connectivity index (χ0) is 28.6. The number of piperidine rings is 1. The van der Waals surface area contributed by atoms with Crippen LogP contribution in [0.4, 0.5) is 11.0 Å². The number of anilines is 1. The number of nitro groups is 1. The first-order chi connectivity index (χ1) is 19.0. The first-order valence-corrected chi connectivity index (χ1v) is 14.9. The van der Waals surface area contributed by atoms with E-state index >= 15 is 0 Å². The molecule has 0 spiro atoms. The monoisotopic (exact) mass is 581 g/mol. The quantitative estimate of drug-likeness (QED) is 0.161. The van der Waals surface area contributed by atoms with Crippen LogP contribution in [-0.4, -0.2) is 47.8 Å². The van der Waals surface area contributed by atoms with Crippen molar-refractivity contribution < 1.29 is 22.6 Å². The Bertz CT molecular complexity index is 1700. The zero-order valence-corrected chi connectivity index (χ0v) is 23.7. The van der Waals surface area contributed by atoms with Gasteiger partial charge in [0, 0.05) is 18.7 Å². The van der Waals surface area contributed by atoms with Crippen LogP contribution in [0.1, 0.15) is 41.9 Å². The highest BCUT2D eigenvalue weighted by Gasteiger charge is 2.32. The normalized spacial score (nSPS) is 18.4. The van der Waals surface area contributed by atoms with Crippen molar-refractivity contribution in [1.29, 1.82) is 0 Å². The van der Waals surface area contributed by atoms with Gasteiger partial charge >= 0.3 is 5.88 Å². The molecule has 0 saturated carbocycles. The van der Waals surface area contributed by atoms with E-state index in [2.05, 4.69) is 10.1 Å². The third kappa shape index (κ3) is 5.67. The number of thiazole rings is 1. The Morgan fingerprint density at radius 2 is 1.85 bits per heavy atom. The van der Waals surface area contributed by atoms with Crippen LogP contribution in [0.2, 0.25) is 0 Å². The summed E-state index contributed by atoms with van der Waals surface area (Å²) in [5.41, 5.74) is 1.90. The summed E-state index contributed by atoms with van der Waals surface area (Å²) in [6.07, 6.45) is 2.17. The molecule has 5 rings (SSSR count). The van der Waals surface area contributed by atoms with Gasteiger partial charge in [-0.05, 0) is 73.2 Å². The number of hydrogen-bond donors (Lipinski definition) is 0. The largest absolute Gasteiger partial charge is 0.433 e. The number of carbonyl (C=O) groups excluding carboxylic acids is 1. The molecule has 1 fully saturated rings. The van der Waals surface area contributed by atoms with Gasteiger partial charge in [-0.3, -0.25) is 14.9 Å². The highest BCUT2D eigenvalue weighted by atomic mass is 32.2. The van der Waals surface area contributed by atoms with Gasteiger partial charge in [0.2, 0.25) is 15.2 Å². The minimum Gasteiger partial charge on any atom is -0.400 e. The second-order valence-corrected chi connectivity index (χ2v) is 13.0. The predicted molar refractivity (Wildman–Crippen MR) is 152 cm³/mol. The van der Waals surface area contributed by atoms with Gasteiger partial charge in [0.25, 0.3) is 5.91 Å². The number of aryl methyl sites for hydroxylation is 1. The van der Waals surface area contributed by atoms with Crippen LogP contribution in [0, 0.1) is 28.9 Å². The Morgan fingerprint density at radius 1 is 1.15 bits per heavy atom. The second-order valence-electron chi connectivity index (χ2n) is 10.1. The van der Waals surface area contributed by atoms with Crippen molar-refractivity contribution in [2.24, 2.45) is 16.9 Å². The zero-order valence-electron chi connectivity index (χ0n) is 22.1. The maximum absolute atomic E-state index is 13.7. The number of furan rings is 1. The number of sulfonamides is 1. The van der Waals surface area contributed by atoms with Gasteiger partial charge < -0.3 is 4.42 Å². The van der Waals surface area contributed by atoms with E-state index in [9.17, 15) is 23.3 Å². The average molecular weight is 582 g/mol. The van der Waals surface area contributed by atoms with Crippen LogP contribution in [-0.2, 0) is 10.0 Å². The highest BCUT2D eigenvalue weighted by molar-refractivity contribution is 7.89. The van der Waals surface area contributed by atoms with E-state index in [0.29, 0.717) is 18.6 Å². The molecular formula is C27H27N5O6S2. The molecule has 3 heterocycles. The molecule has 1 aliphatic rings. The van der Waals surface area contributed by atoms with Crippen molar-refractivity contribution in [3.8, 4) is 0 Å². The van der Waals surface area contributed by atoms with Crippen molar-refractivity contribution in [2.45, 2.75) is 32.1 Å². The predicted octanol–water partition coefficient (Wildman–Crippen LogP) is 5.45. The van der Waals surface area contributed by atoms with Crippen LogP contribution < -0.4 is 5.01 Å². The molecule has 1 saturated heterocycles. The SMILES string of the molecule is Cc1ccc2nc(N(/N=C/c3ccc([N+](=O)[O-])o3)C(=O)c3ccc(S(=O)(=O)N4CC(C)CC(C)C4)cc3)sc2c1. The summed E-state index contributed by atoms with van der Waals surface area (Å²) >= 11 is 1.25. The minimum absolute atomic E-state index is 0.0767. The Balaban J connectivity index is 1.46. The van der Waals surface area contributed by atoms with Gasteiger partial charge in [-0.2, -0.15) is 14.4 Å². The lowest BCUT2D eigenvalue weighted by Crippen LogP contribution is -2.42. The molecule has 11 nitrogen and oxygen atoms in total. The molecule has 2 aromatic heterocycles. The molecule has 13 heteroatoms. The first kappa shape index (κ1) is 27.6. The van der Waals surface area contributed by atoms with Gasteiger partial charge in [-0.15, -0.1) is 0 Å². The highest BCUT2D eigenvalue weighted by Crippen LogP contribution is 2.31. The molecule has 1 aliphatic heterocycles. The number of hydrazone groups is 1. The number of benzene rings is 2. The van der Waals surface area contributed by atoms with Crippen molar-refractivity contribution in [3.63, 3.8) is 0 Å². The molecule has 0 N–H and O–H groups in total. The Hall–Kier alpha value is -3.94. The maximum Gasteiger partial charge on any atom is 0.433 e. The van der Waals surface area contributed by atoms with Crippen LogP contribution in [0.25, 0.3) is 10.2 Å². The third-order valence-corrected chi connectivity index (χ3v) is 9.41. The van der Waals surface area contributed by atoms with E-state index in [1.165, 1.54) is 58.3 Å². The summed E-state index contributed by atoms with van der Waals surface area (Å²) in [4.78, 5) is 28.6. The van der Waals surface area contributed by atoms with Crippen LogP contribution >= 0.6 is 11.3 Å². The lowest BCUT2D eigenvalue weighted by atomic mass is 9.94. The van der Waals surface area contributed by atoms with Crippen LogP contribution in [0.15, 0.2) is 69.0 Å². The van der Waals surface area contributed by atoms with Gasteiger partial charge in [0.15, 0.2) is 5.76 Å². The lowest BCUT2D eigenvalue weighted by Gasteiger charge is -2.34. The fraction of sp³-hybridized carbons (Fsp3) is 0.296.